The topological polar surface area (TPSA) is 55.4 Å². The van der Waals surface area contributed by atoms with E-state index in [2.05, 4.69) is 39.3 Å². The van der Waals surface area contributed by atoms with E-state index < -0.39 is 10.0 Å². The van der Waals surface area contributed by atoms with Crippen molar-refractivity contribution in [3.8, 4) is 5.75 Å². The zero-order chi connectivity index (χ0) is 25.0. The molecule has 0 saturated heterocycles. The van der Waals surface area contributed by atoms with Crippen molar-refractivity contribution in [3.63, 3.8) is 0 Å². The van der Waals surface area contributed by atoms with Gasteiger partial charge in [-0.05, 0) is 60.3 Å². The van der Waals surface area contributed by atoms with Gasteiger partial charge in [-0.15, -0.1) is 0 Å². The maximum Gasteiger partial charge on any atom is 0.261 e. The molecule has 0 aromatic heterocycles. The Morgan fingerprint density at radius 2 is 1.71 bits per heavy atom. The molecule has 1 aliphatic heterocycles. The van der Waals surface area contributed by atoms with Crippen LogP contribution in [0, 0.1) is 11.3 Å². The van der Waals surface area contributed by atoms with E-state index in [1.54, 1.807) is 12.1 Å². The maximum atomic E-state index is 13.4. The number of benzene rings is 3. The number of hydrogen-bond acceptors (Lipinski definition) is 3. The summed E-state index contributed by atoms with van der Waals surface area (Å²) >= 11 is 0. The van der Waals surface area contributed by atoms with E-state index in [1.807, 2.05) is 42.5 Å². The van der Waals surface area contributed by atoms with Crippen molar-refractivity contribution in [2.75, 3.05) is 4.72 Å². The molecular formula is C30H37NO3S. The zero-order valence-electron chi connectivity index (χ0n) is 21.5. The number of nitrogens with one attached hydrogen (secondary N) is 1. The fraction of sp³-hybridized carbons (Fsp3) is 0.467. The van der Waals surface area contributed by atoms with Gasteiger partial charge in [0.15, 0.2) is 0 Å². The van der Waals surface area contributed by atoms with Crippen LogP contribution in [0.5, 0.6) is 5.75 Å². The monoisotopic (exact) mass is 491 g/mol. The molecule has 1 heterocycles. The maximum absolute atomic E-state index is 13.4. The standard InChI is InChI=1S/C30H37NO3S/c1-6-30(4,5)21-13-16-28-25(17-21)26-18-27(23-9-7-8-10-24(23)29(26)34-28)31-35(32,33)22-14-11-20(12-15-22)19(2)3/h7-12,14-15,18-19,21,25,28,31H,6,13,16-17H2,1-5H3/t21-,25+,28-/m1/s1. The van der Waals surface area contributed by atoms with E-state index in [0.29, 0.717) is 23.4 Å². The van der Waals surface area contributed by atoms with E-state index in [1.165, 1.54) is 6.42 Å². The summed E-state index contributed by atoms with van der Waals surface area (Å²) in [5, 5.41) is 1.86. The first-order chi connectivity index (χ1) is 16.6. The van der Waals surface area contributed by atoms with Crippen LogP contribution in [-0.4, -0.2) is 14.5 Å². The Morgan fingerprint density at radius 1 is 1.03 bits per heavy atom. The van der Waals surface area contributed by atoms with E-state index >= 15 is 0 Å². The highest BCUT2D eigenvalue weighted by Gasteiger charge is 2.44. The van der Waals surface area contributed by atoms with Gasteiger partial charge in [0.05, 0.1) is 10.6 Å². The van der Waals surface area contributed by atoms with E-state index in [4.69, 9.17) is 4.74 Å². The first-order valence-corrected chi connectivity index (χ1v) is 14.4. The number of rotatable bonds is 6. The molecule has 1 N–H and O–H groups in total. The van der Waals surface area contributed by atoms with Crippen LogP contribution in [0.25, 0.3) is 10.8 Å². The normalized spacial score (nSPS) is 22.1. The third kappa shape index (κ3) is 4.33. The molecule has 1 aliphatic carbocycles. The van der Waals surface area contributed by atoms with Crippen molar-refractivity contribution >= 4 is 26.5 Å². The number of hydrogen-bond donors (Lipinski definition) is 1. The molecule has 35 heavy (non-hydrogen) atoms. The molecular weight excluding hydrogens is 454 g/mol. The smallest absolute Gasteiger partial charge is 0.261 e. The fourth-order valence-corrected chi connectivity index (χ4v) is 6.93. The minimum atomic E-state index is -3.72. The average Bonchev–Trinajstić information content (AvgIpc) is 3.22. The highest BCUT2D eigenvalue weighted by molar-refractivity contribution is 7.92. The third-order valence-electron chi connectivity index (χ3n) is 8.60. The Balaban J connectivity index is 1.54. The van der Waals surface area contributed by atoms with Crippen LogP contribution >= 0.6 is 0 Å². The Bertz CT molecular complexity index is 1340. The summed E-state index contributed by atoms with van der Waals surface area (Å²) in [7, 11) is -3.72. The molecule has 0 unspecified atom stereocenters. The van der Waals surface area contributed by atoms with Crippen molar-refractivity contribution in [1.82, 2.24) is 0 Å². The van der Waals surface area contributed by atoms with Crippen LogP contribution in [-0.2, 0) is 10.0 Å². The Kier molecular flexibility index (Phi) is 6.11. The summed E-state index contributed by atoms with van der Waals surface area (Å²) < 4.78 is 36.2. The van der Waals surface area contributed by atoms with Crippen LogP contribution in [0.3, 0.4) is 0 Å². The van der Waals surface area contributed by atoms with Gasteiger partial charge >= 0.3 is 0 Å². The van der Waals surface area contributed by atoms with Gasteiger partial charge in [-0.25, -0.2) is 8.42 Å². The molecule has 0 radical (unpaired) electrons. The van der Waals surface area contributed by atoms with E-state index in [0.717, 1.165) is 46.9 Å². The third-order valence-corrected chi connectivity index (χ3v) is 9.98. The van der Waals surface area contributed by atoms with Gasteiger partial charge in [0.1, 0.15) is 11.9 Å². The van der Waals surface area contributed by atoms with Crippen LogP contribution < -0.4 is 9.46 Å². The molecule has 3 aromatic carbocycles. The molecule has 1 saturated carbocycles. The molecule has 0 spiro atoms. The van der Waals surface area contributed by atoms with Gasteiger partial charge < -0.3 is 4.74 Å². The average molecular weight is 492 g/mol. The number of sulfonamides is 1. The molecule has 4 nitrogen and oxygen atoms in total. The summed E-state index contributed by atoms with van der Waals surface area (Å²) in [5.41, 5.74) is 3.19. The lowest BCUT2D eigenvalue weighted by Crippen LogP contribution is -2.34. The quantitative estimate of drug-likeness (QED) is 0.382. The Labute approximate surface area is 210 Å². The van der Waals surface area contributed by atoms with Gasteiger partial charge in [0, 0.05) is 22.3 Å². The fourth-order valence-electron chi connectivity index (χ4n) is 5.86. The van der Waals surface area contributed by atoms with Crippen LogP contribution in [0.2, 0.25) is 0 Å². The Morgan fingerprint density at radius 3 is 2.37 bits per heavy atom. The van der Waals surface area contributed by atoms with Crippen molar-refractivity contribution in [3.05, 3.63) is 65.7 Å². The molecule has 1 fully saturated rings. The predicted octanol–water partition coefficient (Wildman–Crippen LogP) is 7.84. The highest BCUT2D eigenvalue weighted by Crippen LogP contribution is 2.54. The van der Waals surface area contributed by atoms with Crippen LogP contribution in [0.4, 0.5) is 5.69 Å². The molecule has 2 aliphatic rings. The van der Waals surface area contributed by atoms with Gasteiger partial charge in [-0.3, -0.25) is 4.72 Å². The molecule has 3 aromatic rings. The second-order valence-corrected chi connectivity index (χ2v) is 13.0. The summed E-state index contributed by atoms with van der Waals surface area (Å²) in [5.74, 6) is 2.22. The van der Waals surface area contributed by atoms with Gasteiger partial charge in [-0.2, -0.15) is 0 Å². The second kappa shape index (κ2) is 8.85. The number of anilines is 1. The number of ether oxygens (including phenoxy) is 1. The molecule has 186 valence electrons. The summed E-state index contributed by atoms with van der Waals surface area (Å²) in [6.07, 6.45) is 4.64. The van der Waals surface area contributed by atoms with E-state index in [9.17, 15) is 8.42 Å². The van der Waals surface area contributed by atoms with Crippen molar-refractivity contribution in [1.29, 1.82) is 0 Å². The van der Waals surface area contributed by atoms with Gasteiger partial charge in [0.25, 0.3) is 10.0 Å². The lowest BCUT2D eigenvalue weighted by molar-refractivity contribution is 0.0784. The molecule has 0 bridgehead atoms. The summed E-state index contributed by atoms with van der Waals surface area (Å²) in [4.78, 5) is 0.281. The van der Waals surface area contributed by atoms with Crippen LogP contribution in [0.1, 0.15) is 83.3 Å². The van der Waals surface area contributed by atoms with Gasteiger partial charge in [0.2, 0.25) is 0 Å². The second-order valence-electron chi connectivity index (χ2n) is 11.3. The molecule has 5 rings (SSSR count). The van der Waals surface area contributed by atoms with Crippen molar-refractivity contribution in [2.24, 2.45) is 11.3 Å². The molecule has 0 amide bonds. The van der Waals surface area contributed by atoms with Gasteiger partial charge in [-0.1, -0.05) is 77.4 Å². The predicted molar refractivity (Wildman–Crippen MR) is 144 cm³/mol. The largest absolute Gasteiger partial charge is 0.489 e. The van der Waals surface area contributed by atoms with Crippen LogP contribution in [0.15, 0.2) is 59.5 Å². The highest BCUT2D eigenvalue weighted by atomic mass is 32.2. The zero-order valence-corrected chi connectivity index (χ0v) is 22.3. The SMILES string of the molecule is CCC(C)(C)[C@@H]1CC[C@H]2Oc3c(cc(NS(=O)(=O)c4ccc(C(C)C)cc4)c4ccccc34)[C@@H]2C1. The minimum Gasteiger partial charge on any atom is -0.489 e. The summed E-state index contributed by atoms with van der Waals surface area (Å²) in [6.45, 7) is 11.2. The van der Waals surface area contributed by atoms with Crippen molar-refractivity contribution < 1.29 is 13.2 Å². The first kappa shape index (κ1) is 24.2. The molecule has 3 atom stereocenters. The van der Waals surface area contributed by atoms with E-state index in [-0.39, 0.29) is 16.4 Å². The van der Waals surface area contributed by atoms with Crippen molar-refractivity contribution in [2.45, 2.75) is 83.1 Å². The molecule has 5 heteroatoms. The number of fused-ring (bicyclic) bond motifs is 5. The first-order valence-electron chi connectivity index (χ1n) is 13.0. The lowest BCUT2D eigenvalue weighted by Gasteiger charge is -2.40. The minimum absolute atomic E-state index is 0.174. The summed E-state index contributed by atoms with van der Waals surface area (Å²) in [6, 6.07) is 17.2. The lowest BCUT2D eigenvalue weighted by atomic mass is 9.65. The Hall–Kier alpha value is -2.53.